The minimum absolute atomic E-state index is 0.0437. The van der Waals surface area contributed by atoms with Crippen LogP contribution in [-0.2, 0) is 15.6 Å². The Bertz CT molecular complexity index is 1640. The summed E-state index contributed by atoms with van der Waals surface area (Å²) < 4.78 is 41.8. The molecule has 202 valence electrons. The predicted molar refractivity (Wildman–Crippen MR) is 156 cm³/mol. The van der Waals surface area contributed by atoms with Crippen molar-refractivity contribution in [1.82, 2.24) is 15.4 Å². The predicted octanol–water partition coefficient (Wildman–Crippen LogP) is 4.36. The van der Waals surface area contributed by atoms with Crippen LogP contribution in [0, 0.1) is 5.82 Å². The zero-order valence-electron chi connectivity index (χ0n) is 20.9. The van der Waals surface area contributed by atoms with E-state index in [0.29, 0.717) is 22.2 Å². The van der Waals surface area contributed by atoms with Gasteiger partial charge < -0.3 is 10.6 Å². The zero-order chi connectivity index (χ0) is 28.2. The zero-order valence-corrected chi connectivity index (χ0v) is 23.4. The van der Waals surface area contributed by atoms with Gasteiger partial charge in [0.1, 0.15) is 5.82 Å². The number of thiocarbonyl (C=S) groups is 1. The fourth-order valence-corrected chi connectivity index (χ4v) is 6.54. The third-order valence-electron chi connectivity index (χ3n) is 5.97. The van der Waals surface area contributed by atoms with Crippen molar-refractivity contribution in [3.05, 3.63) is 101 Å². The lowest BCUT2D eigenvalue weighted by Crippen LogP contribution is -2.53. The van der Waals surface area contributed by atoms with Crippen molar-refractivity contribution in [2.45, 2.75) is 12.5 Å². The van der Waals surface area contributed by atoms with Gasteiger partial charge in [-0.3, -0.25) is 14.9 Å². The van der Waals surface area contributed by atoms with Gasteiger partial charge in [-0.2, -0.15) is 0 Å². The van der Waals surface area contributed by atoms with E-state index in [1.54, 1.807) is 49.4 Å². The van der Waals surface area contributed by atoms with Gasteiger partial charge in [0.25, 0.3) is 11.8 Å². The molecule has 0 saturated carbocycles. The van der Waals surface area contributed by atoms with Crippen molar-refractivity contribution < 1.29 is 22.4 Å². The SMILES string of the molecule is CNS(=O)(=O)CC(C)(NC(=S)NC(=O)c1ccccc1)c1csc2ccc(NC(=O)c3ccc(F)cc3)cc12. The van der Waals surface area contributed by atoms with Gasteiger partial charge >= 0.3 is 0 Å². The maximum Gasteiger partial charge on any atom is 0.257 e. The molecular formula is C27H25FN4O4S3. The van der Waals surface area contributed by atoms with E-state index < -0.39 is 38.9 Å². The van der Waals surface area contributed by atoms with Gasteiger partial charge in [0.05, 0.1) is 11.3 Å². The molecule has 0 aliphatic carbocycles. The van der Waals surface area contributed by atoms with Gasteiger partial charge in [0.15, 0.2) is 5.11 Å². The van der Waals surface area contributed by atoms with Crippen LogP contribution in [0.1, 0.15) is 33.2 Å². The molecule has 39 heavy (non-hydrogen) atoms. The van der Waals surface area contributed by atoms with E-state index in [9.17, 15) is 22.4 Å². The second kappa shape index (κ2) is 11.6. The molecule has 12 heteroatoms. The number of nitrogens with one attached hydrogen (secondary N) is 4. The van der Waals surface area contributed by atoms with Gasteiger partial charge in [-0.05, 0) is 91.7 Å². The Balaban J connectivity index is 1.65. The fraction of sp³-hybridized carbons (Fsp3) is 0.148. The topological polar surface area (TPSA) is 116 Å². The van der Waals surface area contributed by atoms with E-state index in [-0.39, 0.29) is 10.7 Å². The lowest BCUT2D eigenvalue weighted by atomic mass is 9.93. The molecule has 0 fully saturated rings. The fourth-order valence-electron chi connectivity index (χ4n) is 4.02. The number of benzene rings is 3. The van der Waals surface area contributed by atoms with Crippen molar-refractivity contribution in [2.24, 2.45) is 0 Å². The number of carbonyl (C=O) groups excluding carboxylic acids is 2. The third kappa shape index (κ3) is 6.84. The van der Waals surface area contributed by atoms with Crippen LogP contribution >= 0.6 is 23.6 Å². The second-order valence-corrected chi connectivity index (χ2v) is 12.1. The summed E-state index contributed by atoms with van der Waals surface area (Å²) in [6, 6.07) is 18.9. The third-order valence-corrected chi connectivity index (χ3v) is 8.72. The number of thiophene rings is 1. The Morgan fingerprint density at radius 1 is 0.974 bits per heavy atom. The second-order valence-electron chi connectivity index (χ2n) is 8.89. The Kier molecular flexibility index (Phi) is 8.40. The summed E-state index contributed by atoms with van der Waals surface area (Å²) in [6.45, 7) is 1.67. The minimum atomic E-state index is -3.75. The maximum absolute atomic E-state index is 13.2. The highest BCUT2D eigenvalue weighted by atomic mass is 32.2. The summed E-state index contributed by atoms with van der Waals surface area (Å²) in [5.41, 5.74) is 0.494. The number of hydrogen-bond donors (Lipinski definition) is 4. The number of halogens is 1. The first-order valence-electron chi connectivity index (χ1n) is 11.7. The summed E-state index contributed by atoms with van der Waals surface area (Å²) in [6.07, 6.45) is 0. The molecule has 1 heterocycles. The first kappa shape index (κ1) is 28.3. The van der Waals surface area contributed by atoms with Gasteiger partial charge in [-0.15, -0.1) is 11.3 Å². The Labute approximate surface area is 234 Å². The van der Waals surface area contributed by atoms with E-state index >= 15 is 0 Å². The van der Waals surface area contributed by atoms with Gasteiger partial charge in [0.2, 0.25) is 10.0 Å². The molecule has 4 N–H and O–H groups in total. The molecule has 1 atom stereocenters. The maximum atomic E-state index is 13.2. The van der Waals surface area contributed by atoms with Crippen LogP contribution in [0.3, 0.4) is 0 Å². The first-order chi connectivity index (χ1) is 18.5. The summed E-state index contributed by atoms with van der Waals surface area (Å²) in [5.74, 6) is -1.70. The highest BCUT2D eigenvalue weighted by Gasteiger charge is 2.35. The summed E-state index contributed by atoms with van der Waals surface area (Å²) in [5, 5.41) is 10.9. The summed E-state index contributed by atoms with van der Waals surface area (Å²) >= 11 is 6.81. The number of hydrogen-bond acceptors (Lipinski definition) is 6. The quantitative estimate of drug-likeness (QED) is 0.229. The number of carbonyl (C=O) groups is 2. The Morgan fingerprint density at radius 2 is 1.64 bits per heavy atom. The summed E-state index contributed by atoms with van der Waals surface area (Å²) in [7, 11) is -2.43. The number of anilines is 1. The van der Waals surface area contributed by atoms with Crippen molar-refractivity contribution in [1.29, 1.82) is 0 Å². The Morgan fingerprint density at radius 3 is 2.31 bits per heavy atom. The molecule has 1 aromatic heterocycles. The molecule has 1 unspecified atom stereocenters. The van der Waals surface area contributed by atoms with E-state index in [0.717, 1.165) is 4.70 Å². The van der Waals surface area contributed by atoms with E-state index in [4.69, 9.17) is 12.2 Å². The molecule has 4 rings (SSSR count). The molecular weight excluding hydrogens is 560 g/mol. The van der Waals surface area contributed by atoms with Crippen LogP contribution < -0.4 is 20.7 Å². The molecule has 0 aliphatic heterocycles. The van der Waals surface area contributed by atoms with Crippen LogP contribution in [-0.4, -0.2) is 38.1 Å². The van der Waals surface area contributed by atoms with Crippen LogP contribution in [0.25, 0.3) is 10.1 Å². The van der Waals surface area contributed by atoms with Crippen molar-refractivity contribution in [3.63, 3.8) is 0 Å². The van der Waals surface area contributed by atoms with Crippen LogP contribution in [0.4, 0.5) is 10.1 Å². The van der Waals surface area contributed by atoms with Crippen molar-refractivity contribution in [3.8, 4) is 0 Å². The standard InChI is InChI=1S/C27H25FN4O4S3/c1-27(16-39(35,36)29-2,32-26(37)31-25(34)17-6-4-3-5-7-17)22-15-38-23-13-12-20(14-21(22)23)30-24(33)18-8-10-19(28)11-9-18/h3-15,29H,16H2,1-2H3,(H,30,33)(H2,31,32,34,37). The minimum Gasteiger partial charge on any atom is -0.352 e. The highest BCUT2D eigenvalue weighted by molar-refractivity contribution is 7.89. The number of amides is 2. The van der Waals surface area contributed by atoms with Crippen molar-refractivity contribution >= 4 is 66.3 Å². The van der Waals surface area contributed by atoms with E-state index in [1.165, 1.54) is 42.6 Å². The van der Waals surface area contributed by atoms with Gasteiger partial charge in [0, 0.05) is 26.9 Å². The lowest BCUT2D eigenvalue weighted by molar-refractivity contribution is 0.0974. The van der Waals surface area contributed by atoms with Gasteiger partial charge in [-0.25, -0.2) is 17.5 Å². The molecule has 3 aromatic carbocycles. The van der Waals surface area contributed by atoms with Crippen LogP contribution in [0.2, 0.25) is 0 Å². The first-order valence-corrected chi connectivity index (χ1v) is 14.6. The van der Waals surface area contributed by atoms with Gasteiger partial charge in [-0.1, -0.05) is 18.2 Å². The largest absolute Gasteiger partial charge is 0.352 e. The molecule has 0 radical (unpaired) electrons. The average molecular weight is 585 g/mol. The number of rotatable bonds is 8. The average Bonchev–Trinajstić information content (AvgIpc) is 3.33. The van der Waals surface area contributed by atoms with Crippen LogP contribution in [0.15, 0.2) is 78.2 Å². The molecule has 0 bridgehead atoms. The molecule has 0 spiro atoms. The molecule has 0 aliphatic rings. The van der Waals surface area contributed by atoms with Crippen LogP contribution in [0.5, 0.6) is 0 Å². The molecule has 4 aromatic rings. The number of fused-ring (bicyclic) bond motifs is 1. The van der Waals surface area contributed by atoms with E-state index in [1.807, 2.05) is 11.4 Å². The lowest BCUT2D eigenvalue weighted by Gasteiger charge is -2.32. The van der Waals surface area contributed by atoms with Crippen molar-refractivity contribution in [2.75, 3.05) is 18.1 Å². The highest BCUT2D eigenvalue weighted by Crippen LogP contribution is 2.36. The monoisotopic (exact) mass is 584 g/mol. The summed E-state index contributed by atoms with van der Waals surface area (Å²) in [4.78, 5) is 25.3. The Hall–Kier alpha value is -3.71. The normalized spacial score (nSPS) is 12.9. The molecule has 8 nitrogen and oxygen atoms in total. The number of sulfonamides is 1. The smallest absolute Gasteiger partial charge is 0.257 e. The molecule has 0 saturated heterocycles. The van der Waals surface area contributed by atoms with E-state index in [2.05, 4.69) is 20.7 Å². The molecule has 2 amide bonds.